The van der Waals surface area contributed by atoms with Gasteiger partial charge in [-0.15, -0.1) is 0 Å². The van der Waals surface area contributed by atoms with Crippen molar-refractivity contribution in [3.63, 3.8) is 0 Å². The minimum Gasteiger partial charge on any atom is -0.475 e. The van der Waals surface area contributed by atoms with Crippen molar-refractivity contribution in [1.82, 2.24) is 24.6 Å². The number of alkyl halides is 6. The monoisotopic (exact) mass is 542 g/mol. The number of carbonyl (C=O) groups is 2. The third kappa shape index (κ3) is 11.4. The number of halogens is 6. The van der Waals surface area contributed by atoms with Crippen LogP contribution in [0.25, 0.3) is 0 Å². The smallest absolute Gasteiger partial charge is 0.475 e. The maximum absolute atomic E-state index is 10.6. The number of aryl methyl sites for hydroxylation is 1. The summed E-state index contributed by atoms with van der Waals surface area (Å²) in [6.07, 6.45) is -5.41. The predicted octanol–water partition coefficient (Wildman–Crippen LogP) is 3.31. The van der Waals surface area contributed by atoms with Crippen LogP contribution in [-0.4, -0.2) is 85.3 Å². The molecule has 2 N–H and O–H groups in total. The molecule has 1 saturated heterocycles. The van der Waals surface area contributed by atoms with Gasteiger partial charge in [-0.1, -0.05) is 13.8 Å². The zero-order chi connectivity index (χ0) is 28.4. The average molecular weight is 542 g/mol. The van der Waals surface area contributed by atoms with Crippen molar-refractivity contribution in [2.45, 2.75) is 45.1 Å². The molecular weight excluding hydrogens is 514 g/mol. The first-order valence-electron chi connectivity index (χ1n) is 10.9. The molecule has 208 valence electrons. The van der Waals surface area contributed by atoms with Crippen LogP contribution in [-0.2, 0) is 23.2 Å². The molecule has 3 rings (SSSR count). The molecule has 0 unspecified atom stereocenters. The summed E-state index contributed by atoms with van der Waals surface area (Å²) in [5.74, 6) is -4.19. The van der Waals surface area contributed by atoms with Gasteiger partial charge in [-0.25, -0.2) is 19.6 Å². The van der Waals surface area contributed by atoms with E-state index in [-0.39, 0.29) is 0 Å². The molecule has 1 aliphatic rings. The maximum Gasteiger partial charge on any atom is 0.490 e. The molecular formula is C21H28F6N6O4. The molecule has 1 fully saturated rings. The fourth-order valence-corrected chi connectivity index (χ4v) is 2.97. The summed E-state index contributed by atoms with van der Waals surface area (Å²) >= 11 is 0. The first kappa shape index (κ1) is 31.6. The first-order chi connectivity index (χ1) is 17.0. The lowest BCUT2D eigenvalue weighted by atomic mass is 10.1. The molecule has 10 nitrogen and oxygen atoms in total. The fourth-order valence-electron chi connectivity index (χ4n) is 2.97. The number of hydrogen-bond acceptors (Lipinski definition) is 7. The van der Waals surface area contributed by atoms with Crippen LogP contribution in [0.4, 0.5) is 32.3 Å². The highest BCUT2D eigenvalue weighted by atomic mass is 19.4. The van der Waals surface area contributed by atoms with Crippen LogP contribution < -0.4 is 4.90 Å². The minimum absolute atomic E-state index is 0.477. The molecule has 0 saturated carbocycles. The number of anilines is 1. The van der Waals surface area contributed by atoms with E-state index >= 15 is 0 Å². The molecule has 2 aromatic rings. The van der Waals surface area contributed by atoms with Crippen molar-refractivity contribution in [3.05, 3.63) is 35.9 Å². The molecule has 0 spiro atoms. The van der Waals surface area contributed by atoms with Crippen molar-refractivity contribution in [3.8, 4) is 0 Å². The van der Waals surface area contributed by atoms with Gasteiger partial charge in [0.2, 0.25) is 5.95 Å². The van der Waals surface area contributed by atoms with E-state index in [4.69, 9.17) is 19.8 Å². The van der Waals surface area contributed by atoms with Gasteiger partial charge in [0, 0.05) is 52.2 Å². The molecule has 1 aliphatic heterocycles. The summed E-state index contributed by atoms with van der Waals surface area (Å²) in [6.45, 7) is 9.46. The first-order valence-corrected chi connectivity index (χ1v) is 10.9. The second-order valence-corrected chi connectivity index (χ2v) is 8.11. The Morgan fingerprint density at radius 2 is 1.46 bits per heavy atom. The number of rotatable bonds is 4. The van der Waals surface area contributed by atoms with Crippen LogP contribution in [0.15, 0.2) is 24.5 Å². The normalized spacial score (nSPS) is 14.7. The molecule has 0 radical (unpaired) electrons. The standard InChI is InChI=1S/C17H26N6.2C2HF3O2/c1-14(2)16-12-15(21(3)20-16)13-22-8-5-9-23(11-10-22)17-18-6-4-7-19-17;2*3-2(4,5)1(6)7/h4,6-7,12,14H,5,8-11,13H2,1-3H3;2*(H,6,7). The van der Waals surface area contributed by atoms with Gasteiger partial charge in [-0.05, 0) is 24.5 Å². The molecule has 37 heavy (non-hydrogen) atoms. The van der Waals surface area contributed by atoms with Crippen molar-refractivity contribution in [2.24, 2.45) is 7.05 Å². The van der Waals surface area contributed by atoms with Crippen molar-refractivity contribution in [1.29, 1.82) is 0 Å². The number of carboxylic acids is 2. The zero-order valence-corrected chi connectivity index (χ0v) is 20.3. The molecule has 16 heteroatoms. The number of nitrogens with zero attached hydrogens (tertiary/aromatic N) is 6. The van der Waals surface area contributed by atoms with E-state index in [9.17, 15) is 26.3 Å². The lowest BCUT2D eigenvalue weighted by Crippen LogP contribution is -2.31. The highest BCUT2D eigenvalue weighted by molar-refractivity contribution is 5.73. The van der Waals surface area contributed by atoms with Crippen molar-refractivity contribution < 1.29 is 46.1 Å². The number of aliphatic carboxylic acids is 2. The Morgan fingerprint density at radius 1 is 0.946 bits per heavy atom. The Kier molecular flexibility index (Phi) is 11.8. The summed E-state index contributed by atoms with van der Waals surface area (Å²) in [4.78, 5) is 31.3. The van der Waals surface area contributed by atoms with Crippen molar-refractivity contribution >= 4 is 17.9 Å². The van der Waals surface area contributed by atoms with Crippen LogP contribution in [0.1, 0.15) is 37.6 Å². The van der Waals surface area contributed by atoms with Gasteiger partial charge in [0.05, 0.1) is 11.4 Å². The summed E-state index contributed by atoms with van der Waals surface area (Å²) in [6, 6.07) is 4.11. The molecule has 0 aliphatic carbocycles. The SMILES string of the molecule is CC(C)c1cc(CN2CCCN(c3ncccn3)CC2)n(C)n1.O=C(O)C(F)(F)F.O=C(O)C(F)(F)F. The molecule has 0 aromatic carbocycles. The van der Waals surface area contributed by atoms with Gasteiger partial charge in [-0.3, -0.25) is 9.58 Å². The second-order valence-electron chi connectivity index (χ2n) is 8.11. The number of carboxylic acid groups (broad SMARTS) is 2. The van der Waals surface area contributed by atoms with Gasteiger partial charge < -0.3 is 15.1 Å². The Balaban J connectivity index is 0.000000404. The zero-order valence-electron chi connectivity index (χ0n) is 20.3. The third-order valence-corrected chi connectivity index (χ3v) is 4.88. The average Bonchev–Trinajstić information content (AvgIpc) is 3.00. The Labute approximate surface area is 208 Å². The summed E-state index contributed by atoms with van der Waals surface area (Å²) in [5, 5.41) is 18.9. The lowest BCUT2D eigenvalue weighted by molar-refractivity contribution is -0.193. The van der Waals surface area contributed by atoms with Crippen LogP contribution >= 0.6 is 0 Å². The van der Waals surface area contributed by atoms with E-state index in [1.165, 1.54) is 11.4 Å². The summed E-state index contributed by atoms with van der Waals surface area (Å²) in [7, 11) is 2.04. The topological polar surface area (TPSA) is 125 Å². The Bertz CT molecular complexity index is 974. The van der Waals surface area contributed by atoms with Crippen molar-refractivity contribution in [2.75, 3.05) is 31.1 Å². The molecule has 0 bridgehead atoms. The molecule has 0 atom stereocenters. The molecule has 3 heterocycles. The van der Waals surface area contributed by atoms with Gasteiger partial charge in [0.15, 0.2) is 0 Å². The van der Waals surface area contributed by atoms with E-state index in [1.807, 2.05) is 30.2 Å². The van der Waals surface area contributed by atoms with E-state index in [0.29, 0.717) is 5.92 Å². The number of hydrogen-bond donors (Lipinski definition) is 2. The highest BCUT2D eigenvalue weighted by Gasteiger charge is 2.38. The summed E-state index contributed by atoms with van der Waals surface area (Å²) in [5.41, 5.74) is 2.47. The highest BCUT2D eigenvalue weighted by Crippen LogP contribution is 2.17. The van der Waals surface area contributed by atoms with E-state index in [2.05, 4.69) is 44.8 Å². The maximum atomic E-state index is 10.6. The molecule has 2 aromatic heterocycles. The molecule has 0 amide bonds. The van der Waals surface area contributed by atoms with Gasteiger partial charge in [0.25, 0.3) is 0 Å². The Morgan fingerprint density at radius 3 is 1.89 bits per heavy atom. The van der Waals surface area contributed by atoms with Gasteiger partial charge in [0.1, 0.15) is 0 Å². The van der Waals surface area contributed by atoms with Crippen LogP contribution in [0.5, 0.6) is 0 Å². The van der Waals surface area contributed by atoms with Crippen LogP contribution in [0, 0.1) is 0 Å². The minimum atomic E-state index is -5.08. The van der Waals surface area contributed by atoms with E-state index in [0.717, 1.165) is 45.1 Å². The van der Waals surface area contributed by atoms with Gasteiger partial charge >= 0.3 is 24.3 Å². The van der Waals surface area contributed by atoms with Gasteiger partial charge in [-0.2, -0.15) is 31.4 Å². The van der Waals surface area contributed by atoms with Crippen LogP contribution in [0.3, 0.4) is 0 Å². The van der Waals surface area contributed by atoms with E-state index < -0.39 is 24.3 Å². The predicted molar refractivity (Wildman–Crippen MR) is 119 cm³/mol. The lowest BCUT2D eigenvalue weighted by Gasteiger charge is -2.21. The second kappa shape index (κ2) is 13.8. The quantitative estimate of drug-likeness (QED) is 0.560. The van der Waals surface area contributed by atoms with E-state index in [1.54, 1.807) is 0 Å². The Hall–Kier alpha value is -3.43. The number of aromatic nitrogens is 4. The summed E-state index contributed by atoms with van der Waals surface area (Å²) < 4.78 is 65.5. The third-order valence-electron chi connectivity index (χ3n) is 4.88. The van der Waals surface area contributed by atoms with Crippen LogP contribution in [0.2, 0.25) is 0 Å². The largest absolute Gasteiger partial charge is 0.490 e. The fraction of sp³-hybridized carbons (Fsp3) is 0.571.